The first-order valence-corrected chi connectivity index (χ1v) is 20.9. The van der Waals surface area contributed by atoms with Gasteiger partial charge in [-0.1, -0.05) is 91.0 Å². The number of rotatable bonds is 15. The molecule has 0 bridgehead atoms. The van der Waals surface area contributed by atoms with E-state index < -0.39 is 24.2 Å². The maximum absolute atomic E-state index is 14.2. The molecule has 5 amide bonds. The van der Waals surface area contributed by atoms with Crippen LogP contribution in [0.2, 0.25) is 0 Å². The van der Waals surface area contributed by atoms with E-state index in [1.54, 1.807) is 41.2 Å². The van der Waals surface area contributed by atoms with Crippen molar-refractivity contribution in [2.75, 3.05) is 46.5 Å². The molecule has 1 unspecified atom stereocenters. The lowest BCUT2D eigenvalue weighted by atomic mass is 10.0. The molecule has 324 valence electrons. The molecule has 2 aromatic heterocycles. The van der Waals surface area contributed by atoms with Crippen molar-refractivity contribution in [1.29, 1.82) is 0 Å². The van der Waals surface area contributed by atoms with E-state index >= 15 is 0 Å². The van der Waals surface area contributed by atoms with Crippen molar-refractivity contribution in [3.63, 3.8) is 0 Å². The molecule has 7 rings (SSSR count). The van der Waals surface area contributed by atoms with E-state index in [-0.39, 0.29) is 50.2 Å². The molecule has 0 saturated carbocycles. The highest BCUT2D eigenvalue weighted by Gasteiger charge is 2.38. The lowest BCUT2D eigenvalue weighted by molar-refractivity contribution is -0.135. The fourth-order valence-corrected chi connectivity index (χ4v) is 8.09. The standard InChI is InChI=1S/C46H53N9O7/c1-30(49-46(61)62-2)43(58)54-22-6-10-38(54)41-47-28-36(50-41)33-18-14-31(15-19-33)12-13-32-16-20-34(21-17-32)37-29-48-42(51-37)39-11-7-23-55(39)44(59)40(35-8-4-3-5-9-35)52-45(60)53(24-26-56)25-27-57/h3-5,8-9,12-21,28-30,38-40,56-57H,6-7,10-11,22-27H2,1-2H3,(H,47,50)(H,48,51)(H,49,61)(H,52,60)/b13-12+/t30?,38-,39-,40+/m0/s1. The third-order valence-electron chi connectivity index (χ3n) is 11.4. The Kier molecular flexibility index (Phi) is 14.1. The van der Waals surface area contributed by atoms with Crippen molar-refractivity contribution in [2.24, 2.45) is 0 Å². The van der Waals surface area contributed by atoms with E-state index in [4.69, 9.17) is 4.98 Å². The predicted molar refractivity (Wildman–Crippen MR) is 233 cm³/mol. The van der Waals surface area contributed by atoms with Crippen molar-refractivity contribution in [2.45, 2.75) is 56.8 Å². The number of aliphatic hydroxyl groups excluding tert-OH is 2. The summed E-state index contributed by atoms with van der Waals surface area (Å²) in [4.78, 5) is 73.1. The summed E-state index contributed by atoms with van der Waals surface area (Å²) < 4.78 is 4.65. The first-order chi connectivity index (χ1) is 30.2. The lowest BCUT2D eigenvalue weighted by Gasteiger charge is -2.30. The Bertz CT molecular complexity index is 2320. The summed E-state index contributed by atoms with van der Waals surface area (Å²) in [7, 11) is 1.27. The summed E-state index contributed by atoms with van der Waals surface area (Å²) in [5, 5.41) is 24.3. The monoisotopic (exact) mass is 843 g/mol. The molecule has 0 spiro atoms. The minimum absolute atomic E-state index is 0.0264. The Hall–Kier alpha value is -6.78. The van der Waals surface area contributed by atoms with Crippen LogP contribution in [0.1, 0.15) is 79.1 Å². The highest BCUT2D eigenvalue weighted by Crippen LogP contribution is 2.35. The van der Waals surface area contributed by atoms with E-state index in [2.05, 4.69) is 30.3 Å². The number of methoxy groups -OCH3 is 1. The number of urea groups is 1. The molecule has 0 aliphatic carbocycles. The van der Waals surface area contributed by atoms with E-state index in [1.165, 1.54) is 12.0 Å². The Morgan fingerprint density at radius 1 is 0.758 bits per heavy atom. The van der Waals surface area contributed by atoms with Crippen LogP contribution in [0, 0.1) is 0 Å². The number of imidazole rings is 2. The molecule has 2 fully saturated rings. The van der Waals surface area contributed by atoms with Crippen LogP contribution in [-0.4, -0.2) is 121 Å². The number of hydrogen-bond donors (Lipinski definition) is 6. The first-order valence-electron chi connectivity index (χ1n) is 20.9. The number of alkyl carbamates (subject to hydrolysis) is 1. The maximum atomic E-state index is 14.2. The summed E-state index contributed by atoms with van der Waals surface area (Å²) in [6, 6.07) is 22.6. The van der Waals surface area contributed by atoms with Gasteiger partial charge < -0.3 is 50.3 Å². The third-order valence-corrected chi connectivity index (χ3v) is 11.4. The van der Waals surface area contributed by atoms with Gasteiger partial charge in [0.1, 0.15) is 23.7 Å². The zero-order valence-corrected chi connectivity index (χ0v) is 34.9. The van der Waals surface area contributed by atoms with Crippen LogP contribution < -0.4 is 10.6 Å². The van der Waals surface area contributed by atoms with Gasteiger partial charge in [0.15, 0.2) is 0 Å². The fourth-order valence-electron chi connectivity index (χ4n) is 8.09. The van der Waals surface area contributed by atoms with Crippen LogP contribution in [0.25, 0.3) is 34.7 Å². The molecule has 16 heteroatoms. The zero-order valence-electron chi connectivity index (χ0n) is 34.9. The van der Waals surface area contributed by atoms with Gasteiger partial charge in [-0.05, 0) is 60.4 Å². The normalized spacial score (nSPS) is 17.2. The smallest absolute Gasteiger partial charge is 0.407 e. The van der Waals surface area contributed by atoms with E-state index in [0.717, 1.165) is 52.9 Å². The maximum Gasteiger partial charge on any atom is 0.407 e. The number of aromatic amines is 2. The van der Waals surface area contributed by atoms with Gasteiger partial charge in [-0.2, -0.15) is 0 Å². The molecule has 3 aromatic carbocycles. The molecule has 4 heterocycles. The van der Waals surface area contributed by atoms with Gasteiger partial charge in [-0.25, -0.2) is 19.6 Å². The van der Waals surface area contributed by atoms with Crippen LogP contribution in [-0.2, 0) is 14.3 Å². The molecule has 2 aliphatic rings. The molecule has 2 saturated heterocycles. The van der Waals surface area contributed by atoms with E-state index in [0.29, 0.717) is 36.7 Å². The average Bonchev–Trinajstić information content (AvgIpc) is 4.15. The number of nitrogens with zero attached hydrogens (tertiary/aromatic N) is 5. The molecule has 0 radical (unpaired) electrons. The average molecular weight is 844 g/mol. The van der Waals surface area contributed by atoms with Crippen LogP contribution >= 0.6 is 0 Å². The van der Waals surface area contributed by atoms with Crippen LogP contribution in [0.3, 0.4) is 0 Å². The highest BCUT2D eigenvalue weighted by molar-refractivity contribution is 5.89. The van der Waals surface area contributed by atoms with Gasteiger partial charge in [0, 0.05) is 26.2 Å². The summed E-state index contributed by atoms with van der Waals surface area (Å²) in [6.07, 6.45) is 10.1. The molecule has 4 atom stereocenters. The van der Waals surface area contributed by atoms with E-state index in [1.807, 2.05) is 78.9 Å². The number of ether oxygens (including phenoxy) is 1. The third kappa shape index (κ3) is 10.0. The number of benzene rings is 3. The fraction of sp³-hybridized carbons (Fsp3) is 0.348. The number of nitrogens with one attached hydrogen (secondary N) is 4. The first kappa shape index (κ1) is 43.3. The molecule has 62 heavy (non-hydrogen) atoms. The van der Waals surface area contributed by atoms with Crippen molar-refractivity contribution >= 4 is 36.1 Å². The number of aromatic nitrogens is 4. The minimum atomic E-state index is -0.968. The Morgan fingerprint density at radius 3 is 1.74 bits per heavy atom. The van der Waals surface area contributed by atoms with Gasteiger partial charge in [-0.3, -0.25) is 9.59 Å². The predicted octanol–water partition coefficient (Wildman–Crippen LogP) is 5.45. The number of carbonyl (C=O) groups excluding carboxylic acids is 4. The largest absolute Gasteiger partial charge is 0.453 e. The minimum Gasteiger partial charge on any atom is -0.453 e. The molecule has 6 N–H and O–H groups in total. The molecule has 5 aromatic rings. The molecule has 2 aliphatic heterocycles. The van der Waals surface area contributed by atoms with Crippen LogP contribution in [0.15, 0.2) is 91.3 Å². The molecule has 16 nitrogen and oxygen atoms in total. The number of hydrogen-bond acceptors (Lipinski definition) is 9. The van der Waals surface area contributed by atoms with E-state index in [9.17, 15) is 29.4 Å². The Balaban J connectivity index is 0.971. The second kappa shape index (κ2) is 20.2. The number of likely N-dealkylation sites (tertiary alicyclic amines) is 2. The highest BCUT2D eigenvalue weighted by atomic mass is 16.5. The van der Waals surface area contributed by atoms with Gasteiger partial charge in [0.2, 0.25) is 11.8 Å². The summed E-state index contributed by atoms with van der Waals surface area (Å²) in [5.41, 5.74) is 6.25. The van der Waals surface area contributed by atoms with Gasteiger partial charge in [0.25, 0.3) is 0 Å². The van der Waals surface area contributed by atoms with Gasteiger partial charge in [0.05, 0.1) is 56.2 Å². The zero-order chi connectivity index (χ0) is 43.6. The molecular weight excluding hydrogens is 791 g/mol. The summed E-state index contributed by atoms with van der Waals surface area (Å²) in [6.45, 7) is 2.25. The number of H-pyrrole nitrogens is 2. The van der Waals surface area contributed by atoms with Crippen LogP contribution in [0.4, 0.5) is 9.59 Å². The van der Waals surface area contributed by atoms with Crippen molar-refractivity contribution in [3.8, 4) is 22.5 Å². The van der Waals surface area contributed by atoms with Crippen LogP contribution in [0.5, 0.6) is 0 Å². The number of aliphatic hydroxyl groups is 2. The number of carbonyl (C=O) groups is 4. The topological polar surface area (TPSA) is 209 Å². The molecular formula is C46H53N9O7. The Labute approximate surface area is 360 Å². The van der Waals surface area contributed by atoms with Crippen molar-refractivity contribution < 1.29 is 34.1 Å². The second-order valence-corrected chi connectivity index (χ2v) is 15.4. The number of amides is 5. The van der Waals surface area contributed by atoms with Gasteiger partial charge in [-0.15, -0.1) is 0 Å². The quantitative estimate of drug-likeness (QED) is 0.0740. The Morgan fingerprint density at radius 2 is 1.26 bits per heavy atom. The summed E-state index contributed by atoms with van der Waals surface area (Å²) >= 11 is 0. The SMILES string of the molecule is COC(=O)NC(C)C(=O)N1CCC[C@H]1c1ncc(-c2ccc(/C=C/c3ccc(-c4cnc([C@@H]5CCCN5C(=O)[C@H](NC(=O)N(CCO)CCO)c5ccccc5)[nH]4)cc3)cc2)[nH]1. The van der Waals surface area contributed by atoms with Crippen molar-refractivity contribution in [3.05, 3.63) is 120 Å². The lowest BCUT2D eigenvalue weighted by Crippen LogP contribution is -2.48. The summed E-state index contributed by atoms with van der Waals surface area (Å²) in [5.74, 6) is 0.938. The van der Waals surface area contributed by atoms with Gasteiger partial charge >= 0.3 is 12.1 Å². The van der Waals surface area contributed by atoms with Crippen molar-refractivity contribution in [1.82, 2.24) is 45.3 Å². The second-order valence-electron chi connectivity index (χ2n) is 15.4.